The van der Waals surface area contributed by atoms with Crippen LogP contribution in [0.4, 0.5) is 10.1 Å². The Kier molecular flexibility index (Phi) is 2.84. The summed E-state index contributed by atoms with van der Waals surface area (Å²) in [5.74, 6) is -0.431. The first kappa shape index (κ1) is 11.0. The molecule has 2 aromatic rings. The van der Waals surface area contributed by atoms with Gasteiger partial charge in [0.2, 0.25) is 0 Å². The molecule has 0 unspecified atom stereocenters. The number of hydrogen-bond donors (Lipinski definition) is 1. The smallest absolute Gasteiger partial charge is 0.149 e. The second-order valence-electron chi connectivity index (χ2n) is 3.73. The monoisotopic (exact) mass is 235 g/mol. The lowest BCUT2D eigenvalue weighted by Crippen LogP contribution is -1.91. The highest BCUT2D eigenvalue weighted by atomic mass is 35.5. The van der Waals surface area contributed by atoms with Crippen molar-refractivity contribution in [2.75, 3.05) is 5.73 Å². The summed E-state index contributed by atoms with van der Waals surface area (Å²) in [4.78, 5) is 0. The van der Waals surface area contributed by atoms with Crippen LogP contribution in [0.2, 0.25) is 5.02 Å². The van der Waals surface area contributed by atoms with Crippen molar-refractivity contribution >= 4 is 17.3 Å². The molecule has 0 saturated carbocycles. The second-order valence-corrected chi connectivity index (χ2v) is 4.14. The van der Waals surface area contributed by atoms with Gasteiger partial charge >= 0.3 is 0 Å². The topological polar surface area (TPSA) is 26.0 Å². The molecule has 0 bridgehead atoms. The summed E-state index contributed by atoms with van der Waals surface area (Å²) >= 11 is 5.75. The quantitative estimate of drug-likeness (QED) is 0.742. The molecule has 1 nitrogen and oxygen atoms in total. The van der Waals surface area contributed by atoms with E-state index in [1.807, 2.05) is 31.2 Å². The van der Waals surface area contributed by atoms with Gasteiger partial charge in [0.1, 0.15) is 5.82 Å². The van der Waals surface area contributed by atoms with Crippen molar-refractivity contribution in [2.45, 2.75) is 6.92 Å². The molecule has 16 heavy (non-hydrogen) atoms. The van der Waals surface area contributed by atoms with Crippen LogP contribution >= 0.6 is 11.6 Å². The fourth-order valence-electron chi connectivity index (χ4n) is 1.55. The Balaban J connectivity index is 2.59. The number of aryl methyl sites for hydroxylation is 1. The summed E-state index contributed by atoms with van der Waals surface area (Å²) in [5.41, 5.74) is 8.44. The largest absolute Gasteiger partial charge is 0.399 e. The maximum Gasteiger partial charge on any atom is 0.149 e. The van der Waals surface area contributed by atoms with E-state index < -0.39 is 5.82 Å². The van der Waals surface area contributed by atoms with E-state index in [-0.39, 0.29) is 5.02 Å². The molecule has 2 N–H and O–H groups in total. The van der Waals surface area contributed by atoms with Gasteiger partial charge in [0.15, 0.2) is 0 Å². The van der Waals surface area contributed by atoms with E-state index in [2.05, 4.69) is 0 Å². The first-order valence-electron chi connectivity index (χ1n) is 4.89. The average Bonchev–Trinajstić information content (AvgIpc) is 2.25. The van der Waals surface area contributed by atoms with E-state index in [4.69, 9.17) is 17.3 Å². The molecule has 0 atom stereocenters. The number of halogens is 2. The lowest BCUT2D eigenvalue weighted by molar-refractivity contribution is 0.632. The minimum atomic E-state index is -0.431. The van der Waals surface area contributed by atoms with E-state index in [0.717, 1.165) is 11.1 Å². The van der Waals surface area contributed by atoms with Gasteiger partial charge in [0.05, 0.1) is 5.02 Å². The molecule has 82 valence electrons. The Morgan fingerprint density at radius 1 is 1.12 bits per heavy atom. The normalized spacial score (nSPS) is 10.4. The molecular weight excluding hydrogens is 225 g/mol. The van der Waals surface area contributed by atoms with Crippen LogP contribution in [-0.2, 0) is 0 Å². The molecule has 0 saturated heterocycles. The third-order valence-electron chi connectivity index (χ3n) is 2.41. The molecule has 0 aliphatic heterocycles. The Labute approximate surface area is 98.7 Å². The first-order chi connectivity index (χ1) is 7.58. The van der Waals surface area contributed by atoms with Crippen LogP contribution in [0.25, 0.3) is 11.1 Å². The lowest BCUT2D eigenvalue weighted by atomic mass is 10.0. The van der Waals surface area contributed by atoms with Crippen LogP contribution < -0.4 is 5.73 Å². The highest BCUT2D eigenvalue weighted by Gasteiger charge is 2.09. The Morgan fingerprint density at radius 3 is 2.38 bits per heavy atom. The fraction of sp³-hybridized carbons (Fsp3) is 0.0769. The van der Waals surface area contributed by atoms with Gasteiger partial charge in [-0.25, -0.2) is 4.39 Å². The lowest BCUT2D eigenvalue weighted by Gasteiger charge is -2.07. The number of rotatable bonds is 1. The maximum absolute atomic E-state index is 13.8. The summed E-state index contributed by atoms with van der Waals surface area (Å²) in [7, 11) is 0. The minimum Gasteiger partial charge on any atom is -0.399 e. The molecule has 2 aromatic carbocycles. The molecule has 0 aromatic heterocycles. The molecule has 0 amide bonds. The molecular formula is C13H11ClFN. The van der Waals surface area contributed by atoms with Crippen molar-refractivity contribution in [1.29, 1.82) is 0 Å². The first-order valence-corrected chi connectivity index (χ1v) is 5.27. The van der Waals surface area contributed by atoms with Gasteiger partial charge in [-0.1, -0.05) is 41.4 Å². The van der Waals surface area contributed by atoms with Gasteiger partial charge in [-0.15, -0.1) is 0 Å². The Bertz CT molecular complexity index is 520. The van der Waals surface area contributed by atoms with Crippen molar-refractivity contribution in [3.05, 3.63) is 52.8 Å². The van der Waals surface area contributed by atoms with Gasteiger partial charge < -0.3 is 5.73 Å². The highest BCUT2D eigenvalue weighted by Crippen LogP contribution is 2.30. The van der Waals surface area contributed by atoms with Crippen LogP contribution in [0, 0.1) is 12.7 Å². The van der Waals surface area contributed by atoms with Gasteiger partial charge in [-0.2, -0.15) is 0 Å². The molecule has 0 aliphatic rings. The van der Waals surface area contributed by atoms with E-state index in [0.29, 0.717) is 11.3 Å². The number of nitrogen functional groups attached to an aromatic ring is 1. The van der Waals surface area contributed by atoms with E-state index >= 15 is 0 Å². The van der Waals surface area contributed by atoms with Crippen molar-refractivity contribution in [2.24, 2.45) is 0 Å². The van der Waals surface area contributed by atoms with E-state index in [9.17, 15) is 4.39 Å². The average molecular weight is 236 g/mol. The number of anilines is 1. The molecule has 3 heteroatoms. The third-order valence-corrected chi connectivity index (χ3v) is 2.69. The van der Waals surface area contributed by atoms with E-state index in [1.165, 1.54) is 6.07 Å². The summed E-state index contributed by atoms with van der Waals surface area (Å²) in [6, 6.07) is 10.5. The van der Waals surface area contributed by atoms with Gasteiger partial charge in [-0.05, 0) is 24.6 Å². The number of hydrogen-bond acceptors (Lipinski definition) is 1. The summed E-state index contributed by atoms with van der Waals surface area (Å²) < 4.78 is 13.8. The zero-order valence-corrected chi connectivity index (χ0v) is 9.55. The van der Waals surface area contributed by atoms with Crippen molar-refractivity contribution in [3.8, 4) is 11.1 Å². The van der Waals surface area contributed by atoms with Crippen LogP contribution in [-0.4, -0.2) is 0 Å². The Morgan fingerprint density at radius 2 is 1.75 bits per heavy atom. The minimum absolute atomic E-state index is 0.0515. The molecule has 0 aliphatic carbocycles. The molecule has 0 heterocycles. The zero-order valence-electron chi connectivity index (χ0n) is 8.80. The summed E-state index contributed by atoms with van der Waals surface area (Å²) in [6.07, 6.45) is 0. The molecule has 0 radical (unpaired) electrons. The number of benzene rings is 2. The van der Waals surface area contributed by atoms with Crippen molar-refractivity contribution in [1.82, 2.24) is 0 Å². The predicted molar refractivity (Wildman–Crippen MR) is 66.0 cm³/mol. The van der Waals surface area contributed by atoms with Crippen LogP contribution in [0.3, 0.4) is 0 Å². The van der Waals surface area contributed by atoms with Gasteiger partial charge in [0.25, 0.3) is 0 Å². The van der Waals surface area contributed by atoms with Crippen LogP contribution in [0.5, 0.6) is 0 Å². The predicted octanol–water partition coefficient (Wildman–Crippen LogP) is 4.04. The molecule has 2 rings (SSSR count). The second kappa shape index (κ2) is 4.14. The zero-order chi connectivity index (χ0) is 11.7. The molecule has 0 spiro atoms. The SMILES string of the molecule is Cc1ccc(-c2cc(N)cc(Cl)c2F)cc1. The van der Waals surface area contributed by atoms with Crippen molar-refractivity contribution < 1.29 is 4.39 Å². The van der Waals surface area contributed by atoms with Gasteiger partial charge in [0, 0.05) is 11.3 Å². The van der Waals surface area contributed by atoms with Gasteiger partial charge in [-0.3, -0.25) is 0 Å². The fourth-order valence-corrected chi connectivity index (χ4v) is 1.78. The Hall–Kier alpha value is -1.54. The van der Waals surface area contributed by atoms with Crippen LogP contribution in [0.15, 0.2) is 36.4 Å². The summed E-state index contributed by atoms with van der Waals surface area (Å²) in [5, 5.41) is 0.0515. The van der Waals surface area contributed by atoms with Crippen molar-refractivity contribution in [3.63, 3.8) is 0 Å². The van der Waals surface area contributed by atoms with E-state index in [1.54, 1.807) is 6.07 Å². The van der Waals surface area contributed by atoms with Crippen LogP contribution in [0.1, 0.15) is 5.56 Å². The number of nitrogens with two attached hydrogens (primary N) is 1. The maximum atomic E-state index is 13.8. The highest BCUT2D eigenvalue weighted by molar-refractivity contribution is 6.31. The summed E-state index contributed by atoms with van der Waals surface area (Å²) in [6.45, 7) is 1.98. The standard InChI is InChI=1S/C13H11ClFN/c1-8-2-4-9(5-3-8)11-6-10(16)7-12(14)13(11)15/h2-7H,16H2,1H3. The third kappa shape index (κ3) is 2.02. The molecule has 0 fully saturated rings.